The summed E-state index contributed by atoms with van der Waals surface area (Å²) in [7, 11) is 1.25. The number of methoxy groups -OCH3 is 1. The molecule has 6 heteroatoms. The minimum Gasteiger partial charge on any atom is -0.464 e. The van der Waals surface area contributed by atoms with Crippen molar-refractivity contribution < 1.29 is 19.1 Å². The Bertz CT molecular complexity index is 799. The summed E-state index contributed by atoms with van der Waals surface area (Å²) in [6.45, 7) is 4.78. The number of carbonyl (C=O) groups excluding carboxylic acids is 3. The van der Waals surface area contributed by atoms with Crippen LogP contribution in [-0.4, -0.2) is 47.7 Å². The Labute approximate surface area is 152 Å². The Morgan fingerprint density at radius 1 is 1.00 bits per heavy atom. The number of ether oxygens (including phenoxy) is 1. The van der Waals surface area contributed by atoms with Gasteiger partial charge in [0.2, 0.25) is 0 Å². The number of aromatic nitrogens is 1. The van der Waals surface area contributed by atoms with Crippen molar-refractivity contribution in [2.45, 2.75) is 20.3 Å². The maximum Gasteiger partial charge on any atom is 0.356 e. The fourth-order valence-corrected chi connectivity index (χ4v) is 2.59. The maximum absolute atomic E-state index is 12.6. The van der Waals surface area contributed by atoms with Crippen LogP contribution in [0.5, 0.6) is 0 Å². The molecule has 0 aliphatic rings. The smallest absolute Gasteiger partial charge is 0.356 e. The Morgan fingerprint density at radius 3 is 2.19 bits per heavy atom. The minimum atomic E-state index is -0.646. The van der Waals surface area contributed by atoms with Gasteiger partial charge in [-0.1, -0.05) is 30.3 Å². The lowest BCUT2D eigenvalue weighted by Crippen LogP contribution is -2.31. The van der Waals surface area contributed by atoms with E-state index >= 15 is 0 Å². The second kappa shape index (κ2) is 8.89. The van der Waals surface area contributed by atoms with E-state index in [1.807, 2.05) is 19.9 Å². The molecule has 0 aliphatic heterocycles. The zero-order chi connectivity index (χ0) is 19.1. The van der Waals surface area contributed by atoms with Gasteiger partial charge in [-0.2, -0.15) is 0 Å². The van der Waals surface area contributed by atoms with Gasteiger partial charge in [-0.15, -0.1) is 0 Å². The van der Waals surface area contributed by atoms with Gasteiger partial charge < -0.3 is 9.64 Å². The molecule has 0 fully saturated rings. The lowest BCUT2D eigenvalue weighted by Gasteiger charge is -2.18. The maximum atomic E-state index is 12.6. The summed E-state index contributed by atoms with van der Waals surface area (Å²) in [6.07, 6.45) is 0.0645. The van der Waals surface area contributed by atoms with E-state index in [1.54, 1.807) is 35.2 Å². The van der Waals surface area contributed by atoms with E-state index in [4.69, 9.17) is 4.74 Å². The first-order valence-corrected chi connectivity index (χ1v) is 8.46. The highest BCUT2D eigenvalue weighted by Crippen LogP contribution is 2.13. The summed E-state index contributed by atoms with van der Waals surface area (Å²) in [4.78, 5) is 42.7. The highest BCUT2D eigenvalue weighted by Gasteiger charge is 2.19. The molecule has 1 heterocycles. The van der Waals surface area contributed by atoms with Crippen LogP contribution in [0.4, 0.5) is 0 Å². The van der Waals surface area contributed by atoms with Crippen molar-refractivity contribution in [2.24, 2.45) is 0 Å². The van der Waals surface area contributed by atoms with Gasteiger partial charge in [-0.3, -0.25) is 9.59 Å². The van der Waals surface area contributed by atoms with E-state index in [-0.39, 0.29) is 29.5 Å². The molecule has 0 saturated carbocycles. The lowest BCUT2D eigenvalue weighted by atomic mass is 10.0. The quantitative estimate of drug-likeness (QED) is 0.564. The first-order valence-electron chi connectivity index (χ1n) is 8.46. The lowest BCUT2D eigenvalue weighted by molar-refractivity contribution is 0.0593. The average Bonchev–Trinajstić information content (AvgIpc) is 2.68. The van der Waals surface area contributed by atoms with Gasteiger partial charge in [-0.05, 0) is 31.5 Å². The molecule has 0 N–H and O–H groups in total. The predicted molar refractivity (Wildman–Crippen MR) is 97.3 cm³/mol. The molecule has 0 atom stereocenters. The molecule has 0 spiro atoms. The third-order valence-electron chi connectivity index (χ3n) is 4.01. The van der Waals surface area contributed by atoms with Gasteiger partial charge in [0.25, 0.3) is 5.91 Å². The molecule has 2 aromatic rings. The second-order valence-corrected chi connectivity index (χ2v) is 5.68. The number of Topliss-reactive ketones (excluding diaryl/α,β-unsaturated/α-hetero) is 1. The Kier molecular flexibility index (Phi) is 6.60. The monoisotopic (exact) mass is 354 g/mol. The van der Waals surface area contributed by atoms with Crippen molar-refractivity contribution in [3.05, 3.63) is 65.0 Å². The molecule has 2 rings (SSSR count). The van der Waals surface area contributed by atoms with Crippen molar-refractivity contribution in [2.75, 3.05) is 20.2 Å². The molecule has 26 heavy (non-hydrogen) atoms. The number of esters is 1. The molecular formula is C20H22N2O4. The average molecular weight is 354 g/mol. The van der Waals surface area contributed by atoms with Gasteiger partial charge in [-0.25, -0.2) is 9.78 Å². The van der Waals surface area contributed by atoms with Crippen LogP contribution in [0.2, 0.25) is 0 Å². The number of rotatable bonds is 7. The molecule has 6 nitrogen and oxygen atoms in total. The van der Waals surface area contributed by atoms with Gasteiger partial charge in [0.1, 0.15) is 11.4 Å². The number of amides is 1. The third kappa shape index (κ3) is 4.53. The first-order chi connectivity index (χ1) is 12.5. The van der Waals surface area contributed by atoms with E-state index in [2.05, 4.69) is 4.98 Å². The van der Waals surface area contributed by atoms with Crippen molar-refractivity contribution in [3.8, 4) is 0 Å². The molecule has 1 aromatic heterocycles. The Morgan fingerprint density at radius 2 is 1.62 bits per heavy atom. The van der Waals surface area contributed by atoms with Crippen molar-refractivity contribution in [3.63, 3.8) is 0 Å². The van der Waals surface area contributed by atoms with Crippen LogP contribution in [0, 0.1) is 0 Å². The summed E-state index contributed by atoms with van der Waals surface area (Å²) in [5.41, 5.74) is 1.26. The number of ketones is 1. The van der Waals surface area contributed by atoms with E-state index < -0.39 is 5.97 Å². The van der Waals surface area contributed by atoms with Crippen LogP contribution < -0.4 is 0 Å². The van der Waals surface area contributed by atoms with Crippen LogP contribution in [0.1, 0.15) is 50.7 Å². The standard InChI is InChI=1S/C20H22N2O4/c1-4-22(5-2)19(24)16-11-14(12-17(21-16)20(25)26-3)13-18(23)15-9-7-6-8-10-15/h6-12H,4-5,13H2,1-3H3. The minimum absolute atomic E-state index is 0.0152. The zero-order valence-electron chi connectivity index (χ0n) is 15.2. The SMILES string of the molecule is CCN(CC)C(=O)c1cc(CC(=O)c2ccccc2)cc(C(=O)OC)n1. The van der Waals surface area contributed by atoms with Gasteiger partial charge in [0.05, 0.1) is 7.11 Å². The predicted octanol–water partition coefficient (Wildman–Crippen LogP) is 2.78. The number of pyridine rings is 1. The third-order valence-corrected chi connectivity index (χ3v) is 4.01. The van der Waals surface area contributed by atoms with Gasteiger partial charge in [0.15, 0.2) is 5.78 Å². The molecule has 0 aliphatic carbocycles. The summed E-state index contributed by atoms with van der Waals surface area (Å²) in [6, 6.07) is 11.9. The molecule has 0 saturated heterocycles. The Balaban J connectivity index is 2.38. The molecule has 1 amide bonds. The van der Waals surface area contributed by atoms with Crippen LogP contribution in [-0.2, 0) is 11.2 Å². The van der Waals surface area contributed by atoms with Crippen molar-refractivity contribution in [1.82, 2.24) is 9.88 Å². The molecule has 1 aromatic carbocycles. The second-order valence-electron chi connectivity index (χ2n) is 5.68. The van der Waals surface area contributed by atoms with Crippen molar-refractivity contribution >= 4 is 17.7 Å². The first kappa shape index (κ1) is 19.3. The van der Waals surface area contributed by atoms with E-state index in [9.17, 15) is 14.4 Å². The summed E-state index contributed by atoms with van der Waals surface area (Å²) >= 11 is 0. The largest absolute Gasteiger partial charge is 0.464 e. The summed E-state index contributed by atoms with van der Waals surface area (Å²) in [5, 5.41) is 0. The van der Waals surface area contributed by atoms with Gasteiger partial charge in [0, 0.05) is 25.1 Å². The van der Waals surface area contributed by atoms with E-state index in [0.29, 0.717) is 24.2 Å². The normalized spacial score (nSPS) is 10.3. The van der Waals surface area contributed by atoms with Crippen molar-refractivity contribution in [1.29, 1.82) is 0 Å². The van der Waals surface area contributed by atoms with E-state index in [0.717, 1.165) is 0 Å². The molecule has 0 radical (unpaired) electrons. The number of benzene rings is 1. The zero-order valence-corrected chi connectivity index (χ0v) is 15.2. The molecular weight excluding hydrogens is 332 g/mol. The molecule has 0 unspecified atom stereocenters. The van der Waals surface area contributed by atoms with Crippen LogP contribution in [0.15, 0.2) is 42.5 Å². The van der Waals surface area contributed by atoms with E-state index in [1.165, 1.54) is 13.2 Å². The number of hydrogen-bond acceptors (Lipinski definition) is 5. The number of carbonyl (C=O) groups is 3. The number of nitrogens with zero attached hydrogens (tertiary/aromatic N) is 2. The highest BCUT2D eigenvalue weighted by molar-refractivity contribution is 5.99. The fourth-order valence-electron chi connectivity index (χ4n) is 2.59. The number of hydrogen-bond donors (Lipinski definition) is 0. The van der Waals surface area contributed by atoms with Gasteiger partial charge >= 0.3 is 5.97 Å². The molecule has 136 valence electrons. The fraction of sp³-hybridized carbons (Fsp3) is 0.300. The summed E-state index contributed by atoms with van der Waals surface area (Å²) < 4.78 is 4.72. The summed E-state index contributed by atoms with van der Waals surface area (Å²) in [5.74, 6) is -1.03. The van der Waals surface area contributed by atoms with Crippen LogP contribution in [0.3, 0.4) is 0 Å². The topological polar surface area (TPSA) is 76.6 Å². The molecule has 0 bridgehead atoms. The Hall–Kier alpha value is -3.02. The van der Waals surface area contributed by atoms with Crippen LogP contribution >= 0.6 is 0 Å². The highest BCUT2D eigenvalue weighted by atomic mass is 16.5. The van der Waals surface area contributed by atoms with Crippen LogP contribution in [0.25, 0.3) is 0 Å².